The number of hydrogen-bond donors (Lipinski definition) is 1. The van der Waals surface area contributed by atoms with Crippen molar-refractivity contribution in [2.45, 2.75) is 39.5 Å². The summed E-state index contributed by atoms with van der Waals surface area (Å²) in [5, 5.41) is 9.02. The minimum Gasteiger partial charge on any atom is -0.396 e. The van der Waals surface area contributed by atoms with Crippen LogP contribution in [0.5, 0.6) is 0 Å². The fraction of sp³-hybridized carbons (Fsp3) is 0.538. The highest BCUT2D eigenvalue weighted by molar-refractivity contribution is 5.35. The number of benzene rings is 1. The molecular formula is C13H20O. The normalized spacial score (nSPS) is 11.8. The minimum atomic E-state index is 0.0743. The van der Waals surface area contributed by atoms with E-state index in [4.69, 9.17) is 5.11 Å². The fourth-order valence-electron chi connectivity index (χ4n) is 1.88. The molecule has 0 amide bonds. The summed E-state index contributed by atoms with van der Waals surface area (Å²) < 4.78 is 0. The highest BCUT2D eigenvalue weighted by atomic mass is 16.3. The van der Waals surface area contributed by atoms with Gasteiger partial charge in [0.05, 0.1) is 0 Å². The van der Waals surface area contributed by atoms with Crippen molar-refractivity contribution < 1.29 is 5.11 Å². The van der Waals surface area contributed by atoms with E-state index in [0.29, 0.717) is 0 Å². The molecule has 0 saturated carbocycles. The highest BCUT2D eigenvalue weighted by Crippen LogP contribution is 2.29. The first-order chi connectivity index (χ1) is 6.47. The van der Waals surface area contributed by atoms with E-state index in [0.717, 1.165) is 6.42 Å². The third kappa shape index (κ3) is 2.36. The van der Waals surface area contributed by atoms with Crippen LogP contribution in [0.2, 0.25) is 0 Å². The standard InChI is InChI=1S/C13H20O/c1-10-5-6-11(2)12(9-10)13(3,4)7-8-14/h5-6,9,14H,7-8H2,1-4H3. The summed E-state index contributed by atoms with van der Waals surface area (Å²) >= 11 is 0. The molecule has 0 aliphatic heterocycles. The Morgan fingerprint density at radius 3 is 2.43 bits per heavy atom. The molecule has 1 heteroatoms. The second-order valence-corrected chi connectivity index (χ2v) is 4.68. The predicted molar refractivity (Wildman–Crippen MR) is 60.6 cm³/mol. The molecule has 0 spiro atoms. The molecule has 14 heavy (non-hydrogen) atoms. The van der Waals surface area contributed by atoms with Crippen molar-refractivity contribution in [3.63, 3.8) is 0 Å². The number of rotatable bonds is 3. The lowest BCUT2D eigenvalue weighted by Gasteiger charge is -2.26. The first kappa shape index (κ1) is 11.3. The van der Waals surface area contributed by atoms with Gasteiger partial charge < -0.3 is 5.11 Å². The summed E-state index contributed by atoms with van der Waals surface area (Å²) in [7, 11) is 0. The maximum Gasteiger partial charge on any atom is 0.0439 e. The van der Waals surface area contributed by atoms with Crippen LogP contribution in [-0.4, -0.2) is 11.7 Å². The van der Waals surface area contributed by atoms with Crippen molar-refractivity contribution in [1.29, 1.82) is 0 Å². The van der Waals surface area contributed by atoms with Crippen molar-refractivity contribution in [1.82, 2.24) is 0 Å². The highest BCUT2D eigenvalue weighted by Gasteiger charge is 2.21. The van der Waals surface area contributed by atoms with Gasteiger partial charge in [-0.15, -0.1) is 0 Å². The predicted octanol–water partition coefficient (Wildman–Crippen LogP) is 2.96. The molecule has 1 nitrogen and oxygen atoms in total. The average molecular weight is 192 g/mol. The lowest BCUT2D eigenvalue weighted by Crippen LogP contribution is -2.20. The van der Waals surface area contributed by atoms with Crippen LogP contribution in [0.3, 0.4) is 0 Å². The number of aliphatic hydroxyl groups excluding tert-OH is 1. The third-order valence-electron chi connectivity index (χ3n) is 2.86. The number of aliphatic hydroxyl groups is 1. The van der Waals surface area contributed by atoms with Crippen LogP contribution in [0, 0.1) is 13.8 Å². The Bertz CT molecular complexity index is 313. The summed E-state index contributed by atoms with van der Waals surface area (Å²) in [5.41, 5.74) is 4.03. The first-order valence-corrected chi connectivity index (χ1v) is 5.16. The van der Waals surface area contributed by atoms with Crippen molar-refractivity contribution in [3.8, 4) is 0 Å². The minimum absolute atomic E-state index is 0.0743. The van der Waals surface area contributed by atoms with Gasteiger partial charge in [-0.25, -0.2) is 0 Å². The van der Waals surface area contributed by atoms with E-state index in [1.807, 2.05) is 0 Å². The SMILES string of the molecule is Cc1ccc(C)c(C(C)(C)CCO)c1. The molecule has 1 rings (SSSR count). The maximum absolute atomic E-state index is 9.02. The number of hydrogen-bond acceptors (Lipinski definition) is 1. The molecule has 0 fully saturated rings. The van der Waals surface area contributed by atoms with Gasteiger partial charge in [0.1, 0.15) is 0 Å². The van der Waals surface area contributed by atoms with E-state index in [1.54, 1.807) is 0 Å². The zero-order valence-corrected chi connectivity index (χ0v) is 9.59. The Kier molecular flexibility index (Phi) is 3.33. The Morgan fingerprint density at radius 1 is 1.21 bits per heavy atom. The van der Waals surface area contributed by atoms with Crippen LogP contribution < -0.4 is 0 Å². The van der Waals surface area contributed by atoms with Crippen LogP contribution >= 0.6 is 0 Å². The Labute approximate surface area is 86.8 Å². The van der Waals surface area contributed by atoms with Crippen LogP contribution in [0.25, 0.3) is 0 Å². The van der Waals surface area contributed by atoms with Crippen molar-refractivity contribution in [2.75, 3.05) is 6.61 Å². The smallest absolute Gasteiger partial charge is 0.0439 e. The molecule has 0 saturated heterocycles. The number of aryl methyl sites for hydroxylation is 2. The van der Waals surface area contributed by atoms with Gasteiger partial charge >= 0.3 is 0 Å². The lowest BCUT2D eigenvalue weighted by molar-refractivity contribution is 0.252. The summed E-state index contributed by atoms with van der Waals surface area (Å²) in [6.45, 7) is 8.86. The molecule has 0 aliphatic rings. The van der Waals surface area contributed by atoms with Crippen molar-refractivity contribution in [3.05, 3.63) is 34.9 Å². The molecular weight excluding hydrogens is 172 g/mol. The van der Waals surface area contributed by atoms with Gasteiger partial charge in [0, 0.05) is 6.61 Å². The lowest BCUT2D eigenvalue weighted by atomic mass is 9.79. The van der Waals surface area contributed by atoms with E-state index in [1.165, 1.54) is 16.7 Å². The largest absolute Gasteiger partial charge is 0.396 e. The molecule has 0 aliphatic carbocycles. The zero-order chi connectivity index (χ0) is 10.8. The van der Waals surface area contributed by atoms with Crippen molar-refractivity contribution in [2.24, 2.45) is 0 Å². The van der Waals surface area contributed by atoms with Crippen molar-refractivity contribution >= 4 is 0 Å². The quantitative estimate of drug-likeness (QED) is 0.780. The van der Waals surface area contributed by atoms with Gasteiger partial charge in [-0.1, -0.05) is 37.6 Å². The Morgan fingerprint density at radius 2 is 1.86 bits per heavy atom. The Hall–Kier alpha value is -0.820. The van der Waals surface area contributed by atoms with E-state index in [-0.39, 0.29) is 12.0 Å². The molecule has 0 aromatic heterocycles. The van der Waals surface area contributed by atoms with E-state index < -0.39 is 0 Å². The Balaban J connectivity index is 3.10. The molecule has 78 valence electrons. The molecule has 0 radical (unpaired) electrons. The molecule has 0 bridgehead atoms. The van der Waals surface area contributed by atoms with Gasteiger partial charge in [-0.05, 0) is 36.8 Å². The van der Waals surface area contributed by atoms with Gasteiger partial charge in [0.15, 0.2) is 0 Å². The van der Waals surface area contributed by atoms with Gasteiger partial charge in [-0.3, -0.25) is 0 Å². The molecule has 0 heterocycles. The van der Waals surface area contributed by atoms with E-state index in [2.05, 4.69) is 45.9 Å². The summed E-state index contributed by atoms with van der Waals surface area (Å²) in [6, 6.07) is 6.52. The fourth-order valence-corrected chi connectivity index (χ4v) is 1.88. The monoisotopic (exact) mass is 192 g/mol. The van der Waals surface area contributed by atoms with Gasteiger partial charge in [0.25, 0.3) is 0 Å². The van der Waals surface area contributed by atoms with Crippen LogP contribution in [0.4, 0.5) is 0 Å². The molecule has 1 aromatic rings. The molecule has 1 aromatic carbocycles. The first-order valence-electron chi connectivity index (χ1n) is 5.16. The third-order valence-corrected chi connectivity index (χ3v) is 2.86. The molecule has 0 unspecified atom stereocenters. The van der Waals surface area contributed by atoms with Gasteiger partial charge in [-0.2, -0.15) is 0 Å². The summed E-state index contributed by atoms with van der Waals surface area (Å²) in [4.78, 5) is 0. The summed E-state index contributed by atoms with van der Waals surface area (Å²) in [6.07, 6.45) is 0.817. The topological polar surface area (TPSA) is 20.2 Å². The van der Waals surface area contributed by atoms with Crippen LogP contribution in [0.15, 0.2) is 18.2 Å². The van der Waals surface area contributed by atoms with E-state index in [9.17, 15) is 0 Å². The zero-order valence-electron chi connectivity index (χ0n) is 9.59. The summed E-state index contributed by atoms with van der Waals surface area (Å²) in [5.74, 6) is 0. The second kappa shape index (κ2) is 4.14. The molecule has 1 N–H and O–H groups in total. The van der Waals surface area contributed by atoms with Gasteiger partial charge in [0.2, 0.25) is 0 Å². The average Bonchev–Trinajstić information content (AvgIpc) is 2.09. The molecule has 0 atom stereocenters. The van der Waals surface area contributed by atoms with Crippen LogP contribution in [-0.2, 0) is 5.41 Å². The maximum atomic E-state index is 9.02. The second-order valence-electron chi connectivity index (χ2n) is 4.68. The van der Waals surface area contributed by atoms with E-state index >= 15 is 0 Å². The van der Waals surface area contributed by atoms with Crippen LogP contribution in [0.1, 0.15) is 37.0 Å².